The summed E-state index contributed by atoms with van der Waals surface area (Å²) in [6, 6.07) is 0. The third-order valence-electron chi connectivity index (χ3n) is 0.274. The second kappa shape index (κ2) is 3.12. The van der Waals surface area contributed by atoms with E-state index in [1.807, 2.05) is 0 Å². The molecule has 0 amide bonds. The molecule has 0 aliphatic rings. The van der Waals surface area contributed by atoms with E-state index in [2.05, 4.69) is 0 Å². The molecule has 0 aliphatic heterocycles. The summed E-state index contributed by atoms with van der Waals surface area (Å²) in [5, 5.41) is 0. The molecule has 0 rings (SSSR count). The summed E-state index contributed by atoms with van der Waals surface area (Å²) in [5.74, 6) is 0. The molecular weight excluding hydrogens is 76.1 g/mol. The fourth-order valence-electron chi connectivity index (χ4n) is 0.100. The van der Waals surface area contributed by atoms with Gasteiger partial charge in [0, 0.05) is 18.5 Å². The Morgan fingerprint density at radius 1 is 2.00 bits per heavy atom. The minimum Gasteiger partial charge on any atom is -0.329 e. The molecule has 0 aliphatic carbocycles. The third-order valence-corrected chi connectivity index (χ3v) is 0.274. The van der Waals surface area contributed by atoms with E-state index in [4.69, 9.17) is 8.31 Å². The van der Waals surface area contributed by atoms with Crippen LogP contribution in [0.4, 0.5) is 0 Å². The van der Waals surface area contributed by atoms with Crippen molar-refractivity contribution in [2.75, 3.05) is 27.1 Å². The molecule has 0 aromatic rings. The van der Waals surface area contributed by atoms with Gasteiger partial charge in [-0.05, 0) is 14.1 Å². The van der Waals surface area contributed by atoms with Crippen molar-refractivity contribution in [2.45, 2.75) is 0 Å². The summed E-state index contributed by atoms with van der Waals surface area (Å²) in [7, 11) is 2.70. The summed E-state index contributed by atoms with van der Waals surface area (Å²) in [4.78, 5) is 0.989. The maximum absolute atomic E-state index is 7.25. The van der Waals surface area contributed by atoms with Gasteiger partial charge in [-0.2, -0.15) is 0 Å². The maximum atomic E-state index is 7.25. The number of nitrogens with zero attached hydrogens (tertiary/aromatic N) is 1. The normalized spacial score (nSPS) is 30.0. The van der Waals surface area contributed by atoms with Gasteiger partial charge in [0.05, 0.1) is 0 Å². The van der Waals surface area contributed by atoms with Crippen LogP contribution in [-0.2, 0) is 0 Å². The highest BCUT2D eigenvalue weighted by atomic mass is 15.1. The highest BCUT2D eigenvalue weighted by molar-refractivity contribution is 4.38. The van der Waals surface area contributed by atoms with E-state index >= 15 is 0 Å². The number of hydrogen-bond acceptors (Lipinski definition) is 2. The van der Waals surface area contributed by atoms with Crippen LogP contribution < -0.4 is 5.72 Å². The van der Waals surface area contributed by atoms with Crippen LogP contribution in [0.1, 0.15) is 5.48 Å². The lowest BCUT2D eigenvalue weighted by atomic mass is 10.6. The van der Waals surface area contributed by atoms with Gasteiger partial charge >= 0.3 is 0 Å². The molecule has 0 unspecified atom stereocenters. The zero-order chi connectivity index (χ0) is 10.2. The molecule has 6 heavy (non-hydrogen) atoms. The Morgan fingerprint density at radius 2 is 2.67 bits per heavy atom. The van der Waals surface area contributed by atoms with E-state index in [0.29, 0.717) is 0 Å². The van der Waals surface area contributed by atoms with E-state index < -0.39 is 13.0 Å². The van der Waals surface area contributed by atoms with Crippen LogP contribution in [0.2, 0.25) is 2.82 Å². The highest BCUT2D eigenvalue weighted by Crippen LogP contribution is 1.64. The van der Waals surface area contributed by atoms with Gasteiger partial charge in [-0.3, -0.25) is 0 Å². The minimum absolute atomic E-state index is 0.271. The van der Waals surface area contributed by atoms with Crippen molar-refractivity contribution in [2.24, 2.45) is 5.72 Å². The zero-order valence-corrected chi connectivity index (χ0v) is 3.89. The molecule has 0 saturated heterocycles. The minimum atomic E-state index is -2.66. The summed E-state index contributed by atoms with van der Waals surface area (Å²) in [5.41, 5.74) is -0.271. The van der Waals surface area contributed by atoms with Gasteiger partial charge in [0.15, 0.2) is 0 Å². The topological polar surface area (TPSA) is 29.3 Å². The van der Waals surface area contributed by atoms with Gasteiger partial charge in [0.2, 0.25) is 0 Å². The SMILES string of the molecule is [2H]N([2H])C([2H])([2H])C([2H])([2H])N(C)C. The van der Waals surface area contributed by atoms with Crippen LogP contribution >= 0.6 is 0 Å². The van der Waals surface area contributed by atoms with Gasteiger partial charge in [-0.15, -0.1) is 0 Å². The number of rotatable bonds is 3. The molecular formula is C4H12N2. The maximum Gasteiger partial charge on any atom is 0.118 e. The molecule has 0 saturated carbocycles. The Balaban J connectivity index is 4.75. The summed E-state index contributed by atoms with van der Waals surface area (Å²) < 4.78 is 42.1. The summed E-state index contributed by atoms with van der Waals surface area (Å²) >= 11 is 0. The second-order valence-electron chi connectivity index (χ2n) is 1.12. The van der Waals surface area contributed by atoms with Crippen molar-refractivity contribution >= 4 is 0 Å². The third kappa shape index (κ3) is 3.92. The molecule has 2 N–H and O–H groups in total. The largest absolute Gasteiger partial charge is 0.329 e. The number of nitrogens with two attached hydrogens (primary N) is 1. The van der Waals surface area contributed by atoms with Crippen molar-refractivity contribution in [3.8, 4) is 0 Å². The average molecular weight is 94.2 g/mol. The molecule has 38 valence electrons. The first-order valence-corrected chi connectivity index (χ1v) is 1.59. The quantitative estimate of drug-likeness (QED) is 0.511. The van der Waals surface area contributed by atoms with Crippen molar-refractivity contribution in [1.82, 2.24) is 4.90 Å². The lowest BCUT2D eigenvalue weighted by molar-refractivity contribution is 0.420. The number of hydrogen-bond donors (Lipinski definition) is 1. The van der Waals surface area contributed by atoms with Crippen LogP contribution in [0.5, 0.6) is 0 Å². The van der Waals surface area contributed by atoms with Crippen molar-refractivity contribution in [3.05, 3.63) is 0 Å². The van der Waals surface area contributed by atoms with E-state index in [9.17, 15) is 0 Å². The monoisotopic (exact) mass is 94.1 g/mol. The van der Waals surface area contributed by atoms with Crippen molar-refractivity contribution < 1.29 is 8.31 Å². The van der Waals surface area contributed by atoms with Crippen molar-refractivity contribution in [3.63, 3.8) is 0 Å². The lowest BCUT2D eigenvalue weighted by Gasteiger charge is -2.03. The fourth-order valence-corrected chi connectivity index (χ4v) is 0.100. The van der Waals surface area contributed by atoms with Crippen LogP contribution in [0.25, 0.3) is 0 Å². The Morgan fingerprint density at radius 3 is 2.83 bits per heavy atom. The smallest absolute Gasteiger partial charge is 0.118 e. The van der Waals surface area contributed by atoms with E-state index in [0.717, 1.165) is 4.90 Å². The van der Waals surface area contributed by atoms with Gasteiger partial charge < -0.3 is 10.6 Å². The van der Waals surface area contributed by atoms with E-state index in [-0.39, 0.29) is 5.72 Å². The van der Waals surface area contributed by atoms with Crippen LogP contribution in [0.3, 0.4) is 0 Å². The molecule has 0 aromatic carbocycles. The Kier molecular flexibility index (Phi) is 0.626. The van der Waals surface area contributed by atoms with Gasteiger partial charge in [0.25, 0.3) is 0 Å². The molecule has 0 radical (unpaired) electrons. The van der Waals surface area contributed by atoms with Gasteiger partial charge in [0.1, 0.15) is 2.82 Å². The molecule has 0 fully saturated rings. The summed E-state index contributed by atoms with van der Waals surface area (Å²) in [6.45, 7) is -5.02. The predicted octanol–water partition coefficient (Wildman–Crippen LogP) is -0.493. The van der Waals surface area contributed by atoms with Crippen LogP contribution in [-0.4, -0.2) is 32.0 Å². The zero-order valence-electron chi connectivity index (χ0n) is 9.89. The van der Waals surface area contributed by atoms with Gasteiger partial charge in [-0.25, -0.2) is 0 Å². The predicted molar refractivity (Wildman–Crippen MR) is 27.6 cm³/mol. The Bertz CT molecular complexity index is 138. The Labute approximate surface area is 47.5 Å². The average Bonchev–Trinajstić information content (AvgIpc) is 1.86. The van der Waals surface area contributed by atoms with Crippen LogP contribution in [0.15, 0.2) is 0 Å². The molecule has 0 aromatic heterocycles. The first-order chi connectivity index (χ1) is 5.14. The summed E-state index contributed by atoms with van der Waals surface area (Å²) in [6.07, 6.45) is 0. The second-order valence-corrected chi connectivity index (χ2v) is 1.12. The Hall–Kier alpha value is -0.0800. The van der Waals surface area contributed by atoms with Crippen LogP contribution in [0, 0.1) is 0 Å². The van der Waals surface area contributed by atoms with Crippen molar-refractivity contribution in [1.29, 1.82) is 0 Å². The number of likely N-dealkylation sites (N-methyl/N-ethyl adjacent to an activating group) is 1. The first kappa shape index (κ1) is 1.20. The molecule has 0 bridgehead atoms. The van der Waals surface area contributed by atoms with E-state index in [1.165, 1.54) is 14.1 Å². The molecule has 0 spiro atoms. The molecule has 2 heteroatoms. The lowest BCUT2D eigenvalue weighted by Crippen LogP contribution is -2.20. The fraction of sp³-hybridized carbons (Fsp3) is 1.00. The highest BCUT2D eigenvalue weighted by Gasteiger charge is 1.79. The standard InChI is InChI=1S/C4H12N2/c1-6(2)4-3-5/h3-5H2,1-2H3/i3D2,4D2/hD2. The first-order valence-electron chi connectivity index (χ1n) is 4.49. The molecule has 0 atom stereocenters. The van der Waals surface area contributed by atoms with Gasteiger partial charge in [-0.1, -0.05) is 0 Å². The molecule has 0 heterocycles. The molecule has 2 nitrogen and oxygen atoms in total. The van der Waals surface area contributed by atoms with E-state index in [1.54, 1.807) is 0 Å².